The maximum Gasteiger partial charge on any atom is 0.404 e. The minimum absolute atomic E-state index is 0.0332. The highest BCUT2D eigenvalue weighted by atomic mass is 16.6. The van der Waals surface area contributed by atoms with Gasteiger partial charge in [0.1, 0.15) is 6.10 Å². The van der Waals surface area contributed by atoms with Crippen molar-refractivity contribution in [3.8, 4) is 0 Å². The third kappa shape index (κ3) is 22.5. The summed E-state index contributed by atoms with van der Waals surface area (Å²) in [7, 11) is 0. The van der Waals surface area contributed by atoms with Crippen molar-refractivity contribution in [2.24, 2.45) is 5.73 Å². The molecule has 0 aliphatic rings. The van der Waals surface area contributed by atoms with Crippen molar-refractivity contribution in [1.29, 1.82) is 0 Å². The van der Waals surface area contributed by atoms with Gasteiger partial charge in [0.25, 0.3) is 0 Å². The molecule has 0 aliphatic heterocycles. The summed E-state index contributed by atoms with van der Waals surface area (Å²) in [6.45, 7) is 4.47. The SMILES string of the molecule is CCCCCC=CC=CC=CC=CCCCC(CCCCCCCCC)OC(N)=O. The van der Waals surface area contributed by atoms with Crippen LogP contribution in [0.15, 0.2) is 48.6 Å². The van der Waals surface area contributed by atoms with Crippen LogP contribution in [-0.4, -0.2) is 12.2 Å². The van der Waals surface area contributed by atoms with E-state index >= 15 is 0 Å². The van der Waals surface area contributed by atoms with Crippen LogP contribution in [0.4, 0.5) is 4.79 Å². The Bertz CT molecular complexity index is 491. The van der Waals surface area contributed by atoms with Crippen LogP contribution >= 0.6 is 0 Å². The third-order valence-electron chi connectivity index (χ3n) is 5.11. The summed E-state index contributed by atoms with van der Waals surface area (Å²) in [6.07, 6.45) is 33.9. The fourth-order valence-electron chi connectivity index (χ4n) is 3.34. The van der Waals surface area contributed by atoms with Gasteiger partial charge in [0.2, 0.25) is 0 Å². The Morgan fingerprint density at radius 3 is 1.73 bits per heavy atom. The first-order chi connectivity index (χ1) is 14.7. The minimum Gasteiger partial charge on any atom is -0.446 e. The lowest BCUT2D eigenvalue weighted by atomic mass is 10.0. The van der Waals surface area contributed by atoms with Crippen molar-refractivity contribution >= 4 is 6.09 Å². The third-order valence-corrected chi connectivity index (χ3v) is 5.11. The van der Waals surface area contributed by atoms with E-state index in [4.69, 9.17) is 10.5 Å². The summed E-state index contributed by atoms with van der Waals surface area (Å²) in [4.78, 5) is 11.1. The Balaban J connectivity index is 3.86. The lowest BCUT2D eigenvalue weighted by Gasteiger charge is -2.16. The Morgan fingerprint density at radius 2 is 1.13 bits per heavy atom. The molecule has 0 aromatic rings. The molecule has 0 radical (unpaired) electrons. The number of hydrogen-bond donors (Lipinski definition) is 1. The first-order valence-electron chi connectivity index (χ1n) is 12.3. The zero-order chi connectivity index (χ0) is 22.1. The van der Waals surface area contributed by atoms with E-state index in [0.29, 0.717) is 0 Å². The molecule has 0 aromatic heterocycles. The van der Waals surface area contributed by atoms with E-state index in [1.54, 1.807) is 0 Å². The van der Waals surface area contributed by atoms with Crippen LogP contribution in [0, 0.1) is 0 Å². The van der Waals surface area contributed by atoms with Gasteiger partial charge >= 0.3 is 6.09 Å². The highest BCUT2D eigenvalue weighted by molar-refractivity contribution is 5.64. The number of carbonyl (C=O) groups excluding carboxylic acids is 1. The van der Waals surface area contributed by atoms with Crippen LogP contribution in [0.1, 0.15) is 110 Å². The molecule has 0 spiro atoms. The normalized spacial score (nSPS) is 13.3. The Labute approximate surface area is 186 Å². The topological polar surface area (TPSA) is 52.3 Å². The number of primary amides is 1. The van der Waals surface area contributed by atoms with Crippen molar-refractivity contribution < 1.29 is 9.53 Å². The Kier molecular flexibility index (Phi) is 22.1. The second-order valence-corrected chi connectivity index (χ2v) is 8.02. The molecule has 0 aliphatic carbocycles. The zero-order valence-corrected chi connectivity index (χ0v) is 19.7. The van der Waals surface area contributed by atoms with Crippen LogP contribution in [0.5, 0.6) is 0 Å². The van der Waals surface area contributed by atoms with Crippen LogP contribution in [0.2, 0.25) is 0 Å². The molecule has 3 nitrogen and oxygen atoms in total. The lowest BCUT2D eigenvalue weighted by Crippen LogP contribution is -2.22. The number of hydrogen-bond acceptors (Lipinski definition) is 2. The maximum absolute atomic E-state index is 11.1. The first kappa shape index (κ1) is 28.2. The second-order valence-electron chi connectivity index (χ2n) is 8.02. The molecule has 0 fully saturated rings. The van der Waals surface area contributed by atoms with Gasteiger partial charge in [-0.25, -0.2) is 4.79 Å². The number of rotatable bonds is 20. The lowest BCUT2D eigenvalue weighted by molar-refractivity contribution is 0.0928. The van der Waals surface area contributed by atoms with Gasteiger partial charge in [0, 0.05) is 0 Å². The molecule has 2 N–H and O–H groups in total. The average molecular weight is 418 g/mol. The molecule has 172 valence electrons. The summed E-state index contributed by atoms with van der Waals surface area (Å²) in [5.74, 6) is 0. The standard InChI is InChI=1S/C27H47NO2/c1-3-5-7-9-11-12-13-14-15-16-17-19-21-23-25-26(30-27(28)29)24-22-20-18-10-8-6-4-2/h11-17,19,26H,3-10,18,20-25H2,1-2H3,(H2,28,29). The maximum atomic E-state index is 11.1. The summed E-state index contributed by atoms with van der Waals surface area (Å²) in [5, 5.41) is 0. The summed E-state index contributed by atoms with van der Waals surface area (Å²) >= 11 is 0. The first-order valence-corrected chi connectivity index (χ1v) is 12.3. The number of allylic oxidation sites excluding steroid dienone is 8. The highest BCUT2D eigenvalue weighted by Crippen LogP contribution is 2.15. The van der Waals surface area contributed by atoms with E-state index in [0.717, 1.165) is 32.1 Å². The van der Waals surface area contributed by atoms with Crippen LogP contribution in [0.25, 0.3) is 0 Å². The molecule has 30 heavy (non-hydrogen) atoms. The van der Waals surface area contributed by atoms with Gasteiger partial charge < -0.3 is 10.5 Å². The molecule has 0 bridgehead atoms. The van der Waals surface area contributed by atoms with Crippen molar-refractivity contribution in [3.63, 3.8) is 0 Å². The Morgan fingerprint density at radius 1 is 0.667 bits per heavy atom. The predicted molar refractivity (Wildman–Crippen MR) is 132 cm³/mol. The molecular weight excluding hydrogens is 370 g/mol. The molecule has 3 heteroatoms. The number of ether oxygens (including phenoxy) is 1. The van der Waals surface area contributed by atoms with Gasteiger partial charge in [-0.3, -0.25) is 0 Å². The van der Waals surface area contributed by atoms with Gasteiger partial charge in [-0.1, -0.05) is 114 Å². The Hall–Kier alpha value is -1.77. The zero-order valence-electron chi connectivity index (χ0n) is 19.7. The number of nitrogens with two attached hydrogens (primary N) is 1. The summed E-state index contributed by atoms with van der Waals surface area (Å²) in [5.41, 5.74) is 5.23. The van der Waals surface area contributed by atoms with Crippen LogP contribution in [0.3, 0.4) is 0 Å². The van der Waals surface area contributed by atoms with Gasteiger partial charge in [-0.05, 0) is 44.9 Å². The number of unbranched alkanes of at least 4 members (excludes halogenated alkanes) is 10. The van der Waals surface area contributed by atoms with Gasteiger partial charge in [-0.2, -0.15) is 0 Å². The minimum atomic E-state index is -0.646. The molecule has 1 atom stereocenters. The molecule has 0 aromatic carbocycles. The van der Waals surface area contributed by atoms with Gasteiger partial charge in [0.05, 0.1) is 0 Å². The fourth-order valence-corrected chi connectivity index (χ4v) is 3.34. The average Bonchev–Trinajstić information content (AvgIpc) is 2.72. The van der Waals surface area contributed by atoms with Crippen molar-refractivity contribution in [3.05, 3.63) is 48.6 Å². The number of amides is 1. The predicted octanol–water partition coefficient (Wildman–Crippen LogP) is 8.57. The van der Waals surface area contributed by atoms with E-state index < -0.39 is 6.09 Å². The summed E-state index contributed by atoms with van der Waals surface area (Å²) < 4.78 is 5.29. The van der Waals surface area contributed by atoms with E-state index in [1.165, 1.54) is 64.2 Å². The highest BCUT2D eigenvalue weighted by Gasteiger charge is 2.11. The second kappa shape index (κ2) is 23.5. The molecule has 0 rings (SSSR count). The van der Waals surface area contributed by atoms with Crippen molar-refractivity contribution in [2.75, 3.05) is 0 Å². The quantitative estimate of drug-likeness (QED) is 0.159. The molecule has 0 saturated heterocycles. The fraction of sp³-hybridized carbons (Fsp3) is 0.667. The molecular formula is C27H47NO2. The smallest absolute Gasteiger partial charge is 0.404 e. The van der Waals surface area contributed by atoms with Crippen molar-refractivity contribution in [2.45, 2.75) is 116 Å². The van der Waals surface area contributed by atoms with E-state index in [-0.39, 0.29) is 6.10 Å². The van der Waals surface area contributed by atoms with Crippen LogP contribution < -0.4 is 5.73 Å². The van der Waals surface area contributed by atoms with Crippen LogP contribution in [-0.2, 0) is 4.74 Å². The van der Waals surface area contributed by atoms with Gasteiger partial charge in [-0.15, -0.1) is 0 Å². The molecule has 1 amide bonds. The molecule has 0 saturated carbocycles. The van der Waals surface area contributed by atoms with Crippen molar-refractivity contribution in [1.82, 2.24) is 0 Å². The molecule has 0 heterocycles. The van der Waals surface area contributed by atoms with Gasteiger partial charge in [0.15, 0.2) is 0 Å². The van der Waals surface area contributed by atoms with E-state index in [9.17, 15) is 4.79 Å². The number of carbonyl (C=O) groups is 1. The monoisotopic (exact) mass is 417 g/mol. The van der Waals surface area contributed by atoms with E-state index in [2.05, 4.69) is 56.4 Å². The summed E-state index contributed by atoms with van der Waals surface area (Å²) in [6, 6.07) is 0. The largest absolute Gasteiger partial charge is 0.446 e. The van der Waals surface area contributed by atoms with E-state index in [1.807, 2.05) is 6.08 Å². The molecule has 1 unspecified atom stereocenters.